The third-order valence-corrected chi connectivity index (χ3v) is 4.96. The number of methoxy groups -OCH3 is 1. The molecule has 0 amide bonds. The number of carbonyl (C=O) groups excluding carboxylic acids is 1. The summed E-state index contributed by atoms with van der Waals surface area (Å²) in [7, 11) is 1.39. The van der Waals surface area contributed by atoms with E-state index in [1.54, 1.807) is 0 Å². The van der Waals surface area contributed by atoms with E-state index in [1.165, 1.54) is 31.5 Å². The Morgan fingerprint density at radius 3 is 2.56 bits per heavy atom. The molecule has 0 atom stereocenters. The first kappa shape index (κ1) is 19.8. The van der Waals surface area contributed by atoms with Crippen LogP contribution in [0, 0.1) is 0 Å². The number of H-pyrrole nitrogens is 1. The van der Waals surface area contributed by atoms with Crippen molar-refractivity contribution in [3.05, 3.63) is 50.4 Å². The van der Waals surface area contributed by atoms with Crippen LogP contribution in [0.4, 0.5) is 8.78 Å². The van der Waals surface area contributed by atoms with Gasteiger partial charge in [0.2, 0.25) is 0 Å². The average molecular weight is 431 g/mol. The first-order chi connectivity index (χ1) is 11.6. The number of hydrogen-bond acceptors (Lipinski definition) is 5. The van der Waals surface area contributed by atoms with Crippen LogP contribution in [0.3, 0.4) is 0 Å². The highest BCUT2D eigenvalue weighted by atomic mass is 35.5. The van der Waals surface area contributed by atoms with E-state index in [2.05, 4.69) is 21.3 Å². The largest absolute Gasteiger partial charge is 0.495 e. The minimum atomic E-state index is -4.26. The number of aromatic amines is 1. The maximum Gasteiger partial charge on any atom is 0.489 e. The van der Waals surface area contributed by atoms with Gasteiger partial charge in [0.05, 0.1) is 22.1 Å². The highest BCUT2D eigenvalue weighted by Crippen LogP contribution is 2.43. The van der Waals surface area contributed by atoms with Crippen LogP contribution in [0.5, 0.6) is 5.75 Å². The predicted molar refractivity (Wildman–Crippen MR) is 90.4 cm³/mol. The number of pyridine rings is 1. The van der Waals surface area contributed by atoms with Crippen molar-refractivity contribution in [1.82, 2.24) is 4.98 Å². The Hall–Kier alpha value is -1.48. The van der Waals surface area contributed by atoms with E-state index in [-0.39, 0.29) is 19.8 Å². The number of carbonyl (C=O) groups is 1. The van der Waals surface area contributed by atoms with Crippen molar-refractivity contribution in [2.75, 3.05) is 7.11 Å². The van der Waals surface area contributed by atoms with Crippen molar-refractivity contribution < 1.29 is 23.0 Å². The van der Waals surface area contributed by atoms with Crippen LogP contribution in [-0.2, 0) is 4.74 Å². The molecule has 0 bridgehead atoms. The molecule has 5 nitrogen and oxygen atoms in total. The second kappa shape index (κ2) is 7.82. The molecule has 11 heteroatoms. The first-order valence-electron chi connectivity index (χ1n) is 6.35. The van der Waals surface area contributed by atoms with Gasteiger partial charge in [-0.1, -0.05) is 35.0 Å². The van der Waals surface area contributed by atoms with Gasteiger partial charge in [-0.3, -0.25) is 4.79 Å². The van der Waals surface area contributed by atoms with Gasteiger partial charge in [-0.2, -0.15) is 0 Å². The molecule has 0 saturated carbocycles. The van der Waals surface area contributed by atoms with E-state index in [1.807, 2.05) is 0 Å². The number of alkyl halides is 3. The lowest BCUT2D eigenvalue weighted by Gasteiger charge is -2.13. The zero-order chi connectivity index (χ0) is 18.8. The highest BCUT2D eigenvalue weighted by molar-refractivity contribution is 7.99. The summed E-state index contributed by atoms with van der Waals surface area (Å²) < 4.78 is 34.3. The number of ether oxygens (including phenoxy) is 2. The third kappa shape index (κ3) is 4.78. The number of aromatic nitrogens is 1. The fourth-order valence-corrected chi connectivity index (χ4v) is 3.51. The van der Waals surface area contributed by atoms with Gasteiger partial charge in [0, 0.05) is 22.7 Å². The Bertz CT molecular complexity index is 870. The zero-order valence-electron chi connectivity index (χ0n) is 12.2. The molecule has 0 fully saturated rings. The Morgan fingerprint density at radius 2 is 1.96 bits per heavy atom. The van der Waals surface area contributed by atoms with Gasteiger partial charge in [-0.15, -0.1) is 8.78 Å². The van der Waals surface area contributed by atoms with Crippen LogP contribution in [0.1, 0.15) is 10.4 Å². The summed E-state index contributed by atoms with van der Waals surface area (Å²) in [6, 6.07) is 4.32. The summed E-state index contributed by atoms with van der Waals surface area (Å²) in [4.78, 5) is 26.2. The fraction of sp³-hybridized carbons (Fsp3) is 0.143. The number of nitrogens with one attached hydrogen (secondary N) is 1. The molecule has 0 saturated heterocycles. The maximum atomic E-state index is 12.7. The maximum absolute atomic E-state index is 12.7. The van der Waals surface area contributed by atoms with Gasteiger partial charge >= 0.3 is 11.5 Å². The molecule has 0 aliphatic carbocycles. The van der Waals surface area contributed by atoms with Gasteiger partial charge in [-0.25, -0.2) is 4.79 Å². The minimum absolute atomic E-state index is 0.00767. The summed E-state index contributed by atoms with van der Waals surface area (Å²) >= 11 is 17.6. The zero-order valence-corrected chi connectivity index (χ0v) is 15.3. The Labute approximate surface area is 159 Å². The van der Waals surface area contributed by atoms with E-state index in [0.717, 1.165) is 11.8 Å². The molecule has 1 N–H and O–H groups in total. The lowest BCUT2D eigenvalue weighted by atomic mass is 10.3. The second-order valence-electron chi connectivity index (χ2n) is 4.38. The number of halogens is 5. The van der Waals surface area contributed by atoms with Gasteiger partial charge in [-0.05, 0) is 18.2 Å². The second-order valence-corrected chi connectivity index (χ2v) is 6.65. The Balaban J connectivity index is 2.51. The fourth-order valence-electron chi connectivity index (χ4n) is 1.77. The quantitative estimate of drug-likeness (QED) is 0.546. The summed E-state index contributed by atoms with van der Waals surface area (Å²) in [6.45, 7) is 0. The van der Waals surface area contributed by atoms with Gasteiger partial charge < -0.3 is 14.5 Å². The summed E-state index contributed by atoms with van der Waals surface area (Å²) in [5, 5.41) is 0.334. The lowest BCUT2D eigenvalue weighted by Crippen LogP contribution is -2.25. The van der Waals surface area contributed by atoms with E-state index in [0.29, 0.717) is 5.75 Å². The molecular weight excluding hydrogens is 423 g/mol. The Morgan fingerprint density at radius 1 is 1.28 bits per heavy atom. The molecule has 0 unspecified atom stereocenters. The highest BCUT2D eigenvalue weighted by Gasteiger charge is 2.33. The molecule has 1 aromatic carbocycles. The van der Waals surface area contributed by atoms with Crippen LogP contribution in [0.15, 0.2) is 39.0 Å². The van der Waals surface area contributed by atoms with Crippen molar-refractivity contribution in [3.8, 4) is 5.75 Å². The van der Waals surface area contributed by atoms with Crippen molar-refractivity contribution in [2.45, 2.75) is 15.4 Å². The smallest absolute Gasteiger partial charge is 0.489 e. The van der Waals surface area contributed by atoms with Crippen LogP contribution in [-0.4, -0.2) is 23.6 Å². The topological polar surface area (TPSA) is 68.4 Å². The SMILES string of the molecule is COc1ccc(Cl)c(Sc2cc[nH]c(=O)c2C(=O)OC(F)(F)Cl)c1Cl. The first-order valence-corrected chi connectivity index (χ1v) is 8.30. The molecular formula is C14H8Cl3F2NO4S. The molecule has 25 heavy (non-hydrogen) atoms. The van der Waals surface area contributed by atoms with Gasteiger partial charge in [0.25, 0.3) is 5.56 Å². The normalized spacial score (nSPS) is 11.3. The molecule has 0 aliphatic rings. The number of esters is 1. The summed E-state index contributed by atoms with van der Waals surface area (Å²) in [6.07, 6.45) is 1.22. The lowest BCUT2D eigenvalue weighted by molar-refractivity contribution is -0.130. The summed E-state index contributed by atoms with van der Waals surface area (Å²) in [5.74, 6) is -1.30. The van der Waals surface area contributed by atoms with Crippen LogP contribution in [0.25, 0.3) is 0 Å². The molecule has 2 aromatic rings. The van der Waals surface area contributed by atoms with Gasteiger partial charge in [0.1, 0.15) is 11.3 Å². The van der Waals surface area contributed by atoms with Crippen molar-refractivity contribution in [3.63, 3.8) is 0 Å². The molecule has 0 radical (unpaired) electrons. The van der Waals surface area contributed by atoms with E-state index >= 15 is 0 Å². The molecule has 0 aliphatic heterocycles. The van der Waals surface area contributed by atoms with Gasteiger partial charge in [0.15, 0.2) is 0 Å². The molecule has 134 valence electrons. The summed E-state index contributed by atoms with van der Waals surface area (Å²) in [5.41, 5.74) is -5.86. The van der Waals surface area contributed by atoms with Crippen LogP contribution < -0.4 is 10.3 Å². The third-order valence-electron chi connectivity index (χ3n) is 2.78. The molecule has 1 heterocycles. The number of rotatable bonds is 5. The van der Waals surface area contributed by atoms with E-state index in [9.17, 15) is 18.4 Å². The predicted octanol–water partition coefficient (Wildman–Crippen LogP) is 4.79. The molecule has 1 aromatic heterocycles. The number of benzene rings is 1. The van der Waals surface area contributed by atoms with Crippen molar-refractivity contribution in [1.29, 1.82) is 0 Å². The van der Waals surface area contributed by atoms with E-state index in [4.69, 9.17) is 27.9 Å². The number of hydrogen-bond donors (Lipinski definition) is 1. The van der Waals surface area contributed by atoms with E-state index < -0.39 is 22.7 Å². The average Bonchev–Trinajstić information content (AvgIpc) is 2.49. The monoisotopic (exact) mass is 429 g/mol. The van der Waals surface area contributed by atoms with Crippen LogP contribution in [0.2, 0.25) is 10.0 Å². The molecule has 2 rings (SSSR count). The molecule has 0 spiro atoms. The minimum Gasteiger partial charge on any atom is -0.495 e. The Kier molecular flexibility index (Phi) is 6.21. The van der Waals surface area contributed by atoms with Crippen molar-refractivity contribution in [2.24, 2.45) is 0 Å². The van der Waals surface area contributed by atoms with Crippen LogP contribution >= 0.6 is 46.6 Å². The standard InChI is InChI=1S/C14H8Cl3F2NO4S/c1-23-7-3-2-6(15)11(10(7)16)25-8-4-5-20-12(21)9(8)13(22)24-14(17,18)19/h2-5H,1H3,(H,20,21). The van der Waals surface area contributed by atoms with Crippen molar-refractivity contribution >= 4 is 52.5 Å².